The van der Waals surface area contributed by atoms with E-state index in [9.17, 15) is 4.39 Å². The third-order valence-electron chi connectivity index (χ3n) is 4.05. The lowest BCUT2D eigenvalue weighted by atomic mass is 10.1. The summed E-state index contributed by atoms with van der Waals surface area (Å²) in [4.78, 5) is 4.54. The molecule has 0 saturated carbocycles. The molecule has 0 radical (unpaired) electrons. The van der Waals surface area contributed by atoms with Crippen molar-refractivity contribution in [2.24, 2.45) is 4.99 Å². The molecule has 0 aliphatic rings. The van der Waals surface area contributed by atoms with Gasteiger partial charge in [0.15, 0.2) is 0 Å². The van der Waals surface area contributed by atoms with Crippen LogP contribution in [0.2, 0.25) is 0 Å². The van der Waals surface area contributed by atoms with Crippen LogP contribution in [-0.2, 0) is 6.61 Å². The summed E-state index contributed by atoms with van der Waals surface area (Å²) >= 11 is 0. The van der Waals surface area contributed by atoms with E-state index in [1.807, 2.05) is 36.4 Å². The van der Waals surface area contributed by atoms with Gasteiger partial charge in [-0.05, 0) is 66.9 Å². The fourth-order valence-electron chi connectivity index (χ4n) is 2.46. The zero-order valence-corrected chi connectivity index (χ0v) is 14.4. The minimum absolute atomic E-state index is 0.259. The van der Waals surface area contributed by atoms with Crippen molar-refractivity contribution in [3.05, 3.63) is 94.8 Å². The zero-order valence-electron chi connectivity index (χ0n) is 14.4. The molecule has 25 heavy (non-hydrogen) atoms. The van der Waals surface area contributed by atoms with Gasteiger partial charge >= 0.3 is 0 Å². The highest BCUT2D eigenvalue weighted by atomic mass is 19.1. The van der Waals surface area contributed by atoms with Crippen LogP contribution in [0.5, 0.6) is 5.75 Å². The number of benzene rings is 3. The van der Waals surface area contributed by atoms with Gasteiger partial charge in [-0.3, -0.25) is 4.99 Å². The molecule has 126 valence electrons. The smallest absolute Gasteiger partial charge is 0.128 e. The molecule has 0 aromatic heterocycles. The van der Waals surface area contributed by atoms with E-state index >= 15 is 0 Å². The topological polar surface area (TPSA) is 21.6 Å². The number of para-hydroxylation sites is 1. The number of hydrogen-bond donors (Lipinski definition) is 0. The molecule has 0 unspecified atom stereocenters. The highest BCUT2D eigenvalue weighted by Gasteiger charge is 2.03. The van der Waals surface area contributed by atoms with Gasteiger partial charge < -0.3 is 4.74 Å². The van der Waals surface area contributed by atoms with Gasteiger partial charge in [0.1, 0.15) is 18.2 Å². The van der Waals surface area contributed by atoms with Gasteiger partial charge in [-0.1, -0.05) is 30.3 Å². The molecule has 0 aliphatic carbocycles. The lowest BCUT2D eigenvalue weighted by Crippen LogP contribution is -1.98. The lowest BCUT2D eigenvalue weighted by Gasteiger charge is -2.09. The van der Waals surface area contributed by atoms with Crippen molar-refractivity contribution in [1.29, 1.82) is 0 Å². The van der Waals surface area contributed by atoms with E-state index in [1.165, 1.54) is 23.3 Å². The van der Waals surface area contributed by atoms with Gasteiger partial charge in [-0.15, -0.1) is 0 Å². The second kappa shape index (κ2) is 7.75. The van der Waals surface area contributed by atoms with E-state index in [4.69, 9.17) is 4.74 Å². The molecule has 3 rings (SSSR count). The van der Waals surface area contributed by atoms with Crippen molar-refractivity contribution < 1.29 is 9.13 Å². The Labute approximate surface area is 147 Å². The molecule has 0 amide bonds. The van der Waals surface area contributed by atoms with Crippen LogP contribution in [-0.4, -0.2) is 6.21 Å². The molecule has 3 aromatic rings. The fourth-order valence-corrected chi connectivity index (χ4v) is 2.46. The quantitative estimate of drug-likeness (QED) is 0.543. The van der Waals surface area contributed by atoms with Crippen LogP contribution in [0.15, 0.2) is 71.7 Å². The number of aliphatic imine (C=N–C) groups is 1. The lowest BCUT2D eigenvalue weighted by molar-refractivity contribution is 0.305. The first-order valence-electron chi connectivity index (χ1n) is 8.19. The van der Waals surface area contributed by atoms with Gasteiger partial charge in [0.25, 0.3) is 0 Å². The largest absolute Gasteiger partial charge is 0.488 e. The summed E-state index contributed by atoms with van der Waals surface area (Å²) in [6, 6.07) is 20.2. The third kappa shape index (κ3) is 4.54. The van der Waals surface area contributed by atoms with Crippen LogP contribution in [0.1, 0.15) is 22.3 Å². The summed E-state index contributed by atoms with van der Waals surface area (Å²) in [6.07, 6.45) is 1.80. The predicted molar refractivity (Wildman–Crippen MR) is 100 cm³/mol. The van der Waals surface area contributed by atoms with Crippen molar-refractivity contribution >= 4 is 11.9 Å². The highest BCUT2D eigenvalue weighted by Crippen LogP contribution is 2.21. The maximum Gasteiger partial charge on any atom is 0.128 e. The number of nitrogens with zero attached hydrogens (tertiary/aromatic N) is 1. The monoisotopic (exact) mass is 333 g/mol. The van der Waals surface area contributed by atoms with Crippen molar-refractivity contribution in [3.8, 4) is 5.75 Å². The van der Waals surface area contributed by atoms with E-state index in [1.54, 1.807) is 12.3 Å². The number of rotatable bonds is 5. The molecular formula is C22H20FNO. The second-order valence-electron chi connectivity index (χ2n) is 5.98. The summed E-state index contributed by atoms with van der Waals surface area (Å²) < 4.78 is 19.1. The Morgan fingerprint density at radius 3 is 2.56 bits per heavy atom. The minimum atomic E-state index is -0.259. The molecule has 0 N–H and O–H groups in total. The molecule has 3 aromatic carbocycles. The molecule has 0 aliphatic heterocycles. The van der Waals surface area contributed by atoms with Crippen LogP contribution < -0.4 is 4.74 Å². The van der Waals surface area contributed by atoms with Crippen LogP contribution >= 0.6 is 0 Å². The molecule has 0 saturated heterocycles. The first kappa shape index (κ1) is 16.9. The van der Waals surface area contributed by atoms with E-state index in [0.29, 0.717) is 6.61 Å². The summed E-state index contributed by atoms with van der Waals surface area (Å²) in [5.41, 5.74) is 5.05. The molecule has 0 heterocycles. The van der Waals surface area contributed by atoms with Gasteiger partial charge in [0.2, 0.25) is 0 Å². The standard InChI is InChI=1S/C22H20FNO/c1-16-10-11-21(12-17(16)2)24-14-19-7-3-4-9-22(19)25-15-18-6-5-8-20(23)13-18/h3-14H,15H2,1-2H3. The van der Waals surface area contributed by atoms with Gasteiger partial charge in [-0.2, -0.15) is 0 Å². The molecule has 0 fully saturated rings. The van der Waals surface area contributed by atoms with E-state index < -0.39 is 0 Å². The first-order chi connectivity index (χ1) is 12.1. The maximum absolute atomic E-state index is 13.3. The summed E-state index contributed by atoms with van der Waals surface area (Å²) in [6.45, 7) is 4.47. The van der Waals surface area contributed by atoms with Crippen LogP contribution in [0, 0.1) is 19.7 Å². The minimum Gasteiger partial charge on any atom is -0.488 e. The average molecular weight is 333 g/mol. The third-order valence-corrected chi connectivity index (χ3v) is 4.05. The number of halogens is 1. The molecule has 0 spiro atoms. The Morgan fingerprint density at radius 2 is 1.76 bits per heavy atom. The Kier molecular flexibility index (Phi) is 5.24. The van der Waals surface area contributed by atoms with Crippen molar-refractivity contribution in [2.45, 2.75) is 20.5 Å². The normalized spacial score (nSPS) is 11.0. The summed E-state index contributed by atoms with van der Waals surface area (Å²) in [7, 11) is 0. The van der Waals surface area contributed by atoms with Crippen LogP contribution in [0.25, 0.3) is 0 Å². The van der Waals surface area contributed by atoms with E-state index in [-0.39, 0.29) is 5.82 Å². The summed E-state index contributed by atoms with van der Waals surface area (Å²) in [5, 5.41) is 0. The van der Waals surface area contributed by atoms with Gasteiger partial charge in [0.05, 0.1) is 5.69 Å². The zero-order chi connectivity index (χ0) is 17.6. The van der Waals surface area contributed by atoms with E-state index in [2.05, 4.69) is 31.0 Å². The molecular weight excluding hydrogens is 313 g/mol. The Morgan fingerprint density at radius 1 is 0.920 bits per heavy atom. The van der Waals surface area contributed by atoms with Gasteiger partial charge in [-0.25, -0.2) is 4.39 Å². The summed E-state index contributed by atoms with van der Waals surface area (Å²) in [5.74, 6) is 0.463. The molecule has 0 atom stereocenters. The second-order valence-corrected chi connectivity index (χ2v) is 5.98. The Hall–Kier alpha value is -2.94. The van der Waals surface area contributed by atoms with Crippen LogP contribution in [0.3, 0.4) is 0 Å². The number of hydrogen-bond acceptors (Lipinski definition) is 2. The fraction of sp³-hybridized carbons (Fsp3) is 0.136. The van der Waals surface area contributed by atoms with Crippen molar-refractivity contribution in [2.75, 3.05) is 0 Å². The number of aryl methyl sites for hydroxylation is 2. The van der Waals surface area contributed by atoms with E-state index in [0.717, 1.165) is 22.6 Å². The SMILES string of the molecule is Cc1ccc(N=Cc2ccccc2OCc2cccc(F)c2)cc1C. The first-order valence-corrected chi connectivity index (χ1v) is 8.19. The molecule has 2 nitrogen and oxygen atoms in total. The highest BCUT2D eigenvalue weighted by molar-refractivity contribution is 5.85. The molecule has 0 bridgehead atoms. The van der Waals surface area contributed by atoms with Crippen molar-refractivity contribution in [1.82, 2.24) is 0 Å². The van der Waals surface area contributed by atoms with Gasteiger partial charge in [0, 0.05) is 11.8 Å². The Balaban J connectivity index is 1.76. The maximum atomic E-state index is 13.3. The number of ether oxygens (including phenoxy) is 1. The Bertz CT molecular complexity index is 902. The average Bonchev–Trinajstić information content (AvgIpc) is 2.62. The van der Waals surface area contributed by atoms with Crippen LogP contribution in [0.4, 0.5) is 10.1 Å². The molecule has 3 heteroatoms. The predicted octanol–water partition coefficient (Wildman–Crippen LogP) is 5.77. The van der Waals surface area contributed by atoms with Crippen molar-refractivity contribution in [3.63, 3.8) is 0 Å².